The molecule has 1 saturated heterocycles. The topological polar surface area (TPSA) is 42.9 Å². The fourth-order valence-electron chi connectivity index (χ4n) is 3.03. The second kappa shape index (κ2) is 10.0. The lowest BCUT2D eigenvalue weighted by Crippen LogP contribution is -2.48. The number of thiophene rings is 1. The molecule has 0 radical (unpaired) electrons. The van der Waals surface area contributed by atoms with E-state index in [0.29, 0.717) is 5.92 Å². The van der Waals surface area contributed by atoms with Crippen molar-refractivity contribution in [1.82, 2.24) is 20.4 Å². The van der Waals surface area contributed by atoms with Crippen molar-refractivity contribution in [3.8, 4) is 0 Å². The summed E-state index contributed by atoms with van der Waals surface area (Å²) < 4.78 is 0. The molecule has 1 aromatic rings. The van der Waals surface area contributed by atoms with Crippen LogP contribution in [0.5, 0.6) is 0 Å². The van der Waals surface area contributed by atoms with Gasteiger partial charge in [-0.25, -0.2) is 0 Å². The zero-order valence-corrected chi connectivity index (χ0v) is 16.5. The van der Waals surface area contributed by atoms with Crippen LogP contribution < -0.4 is 10.6 Å². The van der Waals surface area contributed by atoms with Crippen molar-refractivity contribution in [1.29, 1.82) is 0 Å². The van der Waals surface area contributed by atoms with Crippen molar-refractivity contribution < 1.29 is 0 Å². The van der Waals surface area contributed by atoms with Gasteiger partial charge in [-0.15, -0.1) is 11.3 Å². The van der Waals surface area contributed by atoms with Crippen molar-refractivity contribution >= 4 is 17.3 Å². The first-order chi connectivity index (χ1) is 11.6. The van der Waals surface area contributed by atoms with Crippen LogP contribution in [0.25, 0.3) is 0 Å². The van der Waals surface area contributed by atoms with Crippen LogP contribution in [0.15, 0.2) is 16.4 Å². The van der Waals surface area contributed by atoms with Crippen molar-refractivity contribution in [2.45, 2.75) is 27.3 Å². The Labute approximate surface area is 151 Å². The van der Waals surface area contributed by atoms with E-state index in [2.05, 4.69) is 57.6 Å². The molecule has 24 heavy (non-hydrogen) atoms. The molecule has 1 fully saturated rings. The predicted octanol–water partition coefficient (Wildman–Crippen LogP) is 2.00. The zero-order valence-electron chi connectivity index (χ0n) is 15.6. The van der Waals surface area contributed by atoms with E-state index >= 15 is 0 Å². The monoisotopic (exact) mass is 351 g/mol. The molecule has 0 spiro atoms. The maximum Gasteiger partial charge on any atom is 0.191 e. The van der Waals surface area contributed by atoms with Crippen LogP contribution in [0.3, 0.4) is 0 Å². The molecular weight excluding hydrogens is 318 g/mol. The highest BCUT2D eigenvalue weighted by molar-refractivity contribution is 7.10. The Morgan fingerprint density at radius 2 is 1.96 bits per heavy atom. The number of guanidine groups is 1. The van der Waals surface area contributed by atoms with Gasteiger partial charge < -0.3 is 20.4 Å². The predicted molar refractivity (Wildman–Crippen MR) is 105 cm³/mol. The average molecular weight is 352 g/mol. The largest absolute Gasteiger partial charge is 0.356 e. The van der Waals surface area contributed by atoms with E-state index in [1.54, 1.807) is 11.3 Å². The summed E-state index contributed by atoms with van der Waals surface area (Å²) in [6.45, 7) is 15.7. The first-order valence-corrected chi connectivity index (χ1v) is 9.92. The molecule has 136 valence electrons. The lowest BCUT2D eigenvalue weighted by Gasteiger charge is -2.35. The highest BCUT2D eigenvalue weighted by atomic mass is 32.1. The van der Waals surface area contributed by atoms with Crippen molar-refractivity contribution in [3.05, 3.63) is 21.9 Å². The Kier molecular flexibility index (Phi) is 8.02. The zero-order chi connectivity index (χ0) is 17.4. The molecule has 0 saturated carbocycles. The van der Waals surface area contributed by atoms with Gasteiger partial charge in [0.25, 0.3) is 0 Å². The summed E-state index contributed by atoms with van der Waals surface area (Å²) >= 11 is 1.80. The molecule has 1 unspecified atom stereocenters. The van der Waals surface area contributed by atoms with E-state index in [1.807, 2.05) is 7.05 Å². The Morgan fingerprint density at radius 1 is 1.25 bits per heavy atom. The van der Waals surface area contributed by atoms with E-state index in [4.69, 9.17) is 0 Å². The molecule has 1 aromatic heterocycles. The minimum atomic E-state index is 0.611. The van der Waals surface area contributed by atoms with E-state index < -0.39 is 0 Å². The fraction of sp³-hybridized carbons (Fsp3) is 0.722. The fourth-order valence-corrected chi connectivity index (χ4v) is 3.88. The summed E-state index contributed by atoms with van der Waals surface area (Å²) in [6, 6.07) is 2.16. The van der Waals surface area contributed by atoms with Gasteiger partial charge in [0.2, 0.25) is 0 Å². The van der Waals surface area contributed by atoms with Gasteiger partial charge in [0.1, 0.15) is 0 Å². The van der Waals surface area contributed by atoms with E-state index in [1.165, 1.54) is 43.2 Å². The van der Waals surface area contributed by atoms with Gasteiger partial charge in [0.05, 0.1) is 6.54 Å². The molecular formula is C18H33N5S. The van der Waals surface area contributed by atoms with Crippen LogP contribution in [0, 0.1) is 12.8 Å². The number of likely N-dealkylation sites (N-methyl/N-ethyl adjacent to an activating group) is 1. The highest BCUT2D eigenvalue weighted by Crippen LogP contribution is 2.14. The summed E-state index contributed by atoms with van der Waals surface area (Å²) in [6.07, 6.45) is 0. The molecule has 1 atom stereocenters. The summed E-state index contributed by atoms with van der Waals surface area (Å²) in [5, 5.41) is 9.02. The van der Waals surface area contributed by atoms with Crippen LogP contribution in [0.4, 0.5) is 0 Å². The SMILES string of the molecule is CCN1CCN(CC(C)CNC(=NC)NCc2sccc2C)CC1. The molecule has 6 heteroatoms. The summed E-state index contributed by atoms with van der Waals surface area (Å²) in [4.78, 5) is 10.8. The van der Waals surface area contributed by atoms with Crippen molar-refractivity contribution in [2.75, 3.05) is 52.9 Å². The summed E-state index contributed by atoms with van der Waals surface area (Å²) in [7, 11) is 1.84. The molecule has 0 aromatic carbocycles. The average Bonchev–Trinajstić information content (AvgIpc) is 3.01. The van der Waals surface area contributed by atoms with Crippen LogP contribution in [0.1, 0.15) is 24.3 Å². The normalized spacial score (nSPS) is 18.6. The molecule has 2 N–H and O–H groups in total. The van der Waals surface area contributed by atoms with Crippen molar-refractivity contribution in [3.63, 3.8) is 0 Å². The third-order valence-corrected chi connectivity index (χ3v) is 5.73. The molecule has 0 amide bonds. The second-order valence-electron chi connectivity index (χ2n) is 6.67. The molecule has 2 rings (SSSR count). The number of nitrogens with zero attached hydrogens (tertiary/aromatic N) is 3. The van der Waals surface area contributed by atoms with Crippen LogP contribution in [-0.4, -0.2) is 68.6 Å². The molecule has 5 nitrogen and oxygen atoms in total. The number of hydrogen-bond donors (Lipinski definition) is 2. The van der Waals surface area contributed by atoms with E-state index in [-0.39, 0.29) is 0 Å². The quantitative estimate of drug-likeness (QED) is 0.582. The maximum absolute atomic E-state index is 4.34. The van der Waals surface area contributed by atoms with Crippen LogP contribution in [0.2, 0.25) is 0 Å². The third-order valence-electron chi connectivity index (χ3n) is 4.71. The Bertz CT molecular complexity index is 505. The van der Waals surface area contributed by atoms with Crippen LogP contribution >= 0.6 is 11.3 Å². The van der Waals surface area contributed by atoms with Gasteiger partial charge in [-0.05, 0) is 36.4 Å². The van der Waals surface area contributed by atoms with E-state index in [9.17, 15) is 0 Å². The lowest BCUT2D eigenvalue weighted by molar-refractivity contribution is 0.124. The summed E-state index contributed by atoms with van der Waals surface area (Å²) in [5.41, 5.74) is 1.35. The number of rotatable bonds is 7. The number of hydrogen-bond acceptors (Lipinski definition) is 4. The number of nitrogens with one attached hydrogen (secondary N) is 2. The standard InChI is InChI=1S/C18H33N5S/c1-5-22-7-9-23(10-8-22)14-15(2)12-20-18(19-4)21-13-17-16(3)6-11-24-17/h6,11,15H,5,7-10,12-14H2,1-4H3,(H2,19,20,21). The Hall–Kier alpha value is -1.11. The first kappa shape index (κ1) is 19.2. The molecule has 0 bridgehead atoms. The minimum Gasteiger partial charge on any atom is -0.356 e. The third kappa shape index (κ3) is 6.07. The second-order valence-corrected chi connectivity index (χ2v) is 7.67. The van der Waals surface area contributed by atoms with Gasteiger partial charge in [0, 0.05) is 51.2 Å². The maximum atomic E-state index is 4.34. The van der Waals surface area contributed by atoms with Crippen molar-refractivity contribution in [2.24, 2.45) is 10.9 Å². The van der Waals surface area contributed by atoms with Gasteiger partial charge in [0.15, 0.2) is 5.96 Å². The Morgan fingerprint density at radius 3 is 2.54 bits per heavy atom. The van der Waals surface area contributed by atoms with Gasteiger partial charge in [-0.1, -0.05) is 13.8 Å². The molecule has 2 heterocycles. The van der Waals surface area contributed by atoms with Gasteiger partial charge >= 0.3 is 0 Å². The molecule has 0 aliphatic carbocycles. The molecule has 1 aliphatic heterocycles. The molecule has 1 aliphatic rings. The van der Waals surface area contributed by atoms with E-state index in [0.717, 1.165) is 25.6 Å². The van der Waals surface area contributed by atoms with Gasteiger partial charge in [-0.3, -0.25) is 4.99 Å². The smallest absolute Gasteiger partial charge is 0.191 e. The Balaban J connectivity index is 1.66. The number of aliphatic imine (C=N–C) groups is 1. The first-order valence-electron chi connectivity index (χ1n) is 9.04. The minimum absolute atomic E-state index is 0.611. The van der Waals surface area contributed by atoms with Gasteiger partial charge in [-0.2, -0.15) is 0 Å². The number of piperazine rings is 1. The van der Waals surface area contributed by atoms with Crippen LogP contribution in [-0.2, 0) is 6.54 Å². The highest BCUT2D eigenvalue weighted by Gasteiger charge is 2.17. The lowest BCUT2D eigenvalue weighted by atomic mass is 10.1. The number of aryl methyl sites for hydroxylation is 1. The summed E-state index contributed by atoms with van der Waals surface area (Å²) in [5.74, 6) is 1.51.